The average molecular weight is 751 g/mol. The van der Waals surface area contributed by atoms with Gasteiger partial charge < -0.3 is 9.04 Å². The van der Waals surface area contributed by atoms with E-state index in [1.165, 1.54) is 224 Å². The van der Waals surface area contributed by atoms with Crippen LogP contribution in [0.5, 0.6) is 0 Å². The van der Waals surface area contributed by atoms with Crippen LogP contribution in [0.15, 0.2) is 29.2 Å². The fraction of sp³-hybridized carbons (Fsp3) is 0.870. The maximum atomic E-state index is 10.4. The van der Waals surface area contributed by atoms with Gasteiger partial charge in [-0.2, -0.15) is 0 Å². The monoisotopic (exact) mass is 751 g/mol. The lowest BCUT2D eigenvalue weighted by atomic mass is 10.0. The fourth-order valence-electron chi connectivity index (χ4n) is 7.40. The van der Waals surface area contributed by atoms with Crippen LogP contribution in [0.25, 0.3) is 0 Å². The molecule has 1 atom stereocenters. The van der Waals surface area contributed by atoms with Crippen LogP contribution in [0.2, 0.25) is 0 Å². The van der Waals surface area contributed by atoms with Gasteiger partial charge >= 0.3 is 0 Å². The minimum atomic E-state index is -4.27. The number of nitrogens with one attached hydrogen (secondary N) is 1. The minimum absolute atomic E-state index is 0.178. The molecule has 0 aliphatic rings. The number of unbranched alkanes of at least 4 members (excludes halogenated alkanes) is 28. The van der Waals surface area contributed by atoms with Crippen LogP contribution >= 0.6 is 0 Å². The molecule has 1 aromatic rings. The Morgan fingerprint density at radius 3 is 1.13 bits per heavy atom. The summed E-state index contributed by atoms with van der Waals surface area (Å²) < 4.78 is 32.3. The Morgan fingerprint density at radius 2 is 0.827 bits per heavy atom. The van der Waals surface area contributed by atoms with Crippen molar-refractivity contribution in [3.05, 3.63) is 29.8 Å². The molecule has 0 heterocycles. The quantitative estimate of drug-likeness (QED) is 0.0321. The standard InChI is InChI=1S/C39H83N2.C7H8O3S/c1-6-9-11-13-15-17-19-21-23-24-25-27-29-31-33-35-37-40-39(8-3)41(4,5)38-36-34-32-30-28-26-22-20-18-16-14-12-10-7-2;1-6-2-4-7(5-3-6)11(8,9)10/h39-40H,6-38H2,1-5H3;2-5H,1H3,(H,8,9,10)/q+1;/p-1. The van der Waals surface area contributed by atoms with E-state index in [1.807, 2.05) is 6.92 Å². The van der Waals surface area contributed by atoms with Crippen LogP contribution in [0, 0.1) is 6.92 Å². The van der Waals surface area contributed by atoms with Crippen LogP contribution in [0.3, 0.4) is 0 Å². The predicted molar refractivity (Wildman–Crippen MR) is 228 cm³/mol. The van der Waals surface area contributed by atoms with Crippen molar-refractivity contribution in [1.29, 1.82) is 0 Å². The lowest BCUT2D eigenvalue weighted by Crippen LogP contribution is -2.56. The summed E-state index contributed by atoms with van der Waals surface area (Å²) >= 11 is 0. The van der Waals surface area contributed by atoms with Crippen molar-refractivity contribution in [3.8, 4) is 0 Å². The van der Waals surface area contributed by atoms with Gasteiger partial charge in [0.05, 0.1) is 25.5 Å². The van der Waals surface area contributed by atoms with Gasteiger partial charge in [-0.05, 0) is 38.3 Å². The summed E-state index contributed by atoms with van der Waals surface area (Å²) in [6, 6.07) is 5.78. The second-order valence-corrected chi connectivity index (χ2v) is 17.9. The zero-order valence-corrected chi connectivity index (χ0v) is 36.6. The van der Waals surface area contributed by atoms with Gasteiger partial charge in [0.15, 0.2) is 0 Å². The molecule has 1 aromatic carbocycles. The number of quaternary nitrogens is 1. The highest BCUT2D eigenvalue weighted by molar-refractivity contribution is 7.85. The first-order valence-corrected chi connectivity index (χ1v) is 24.1. The molecule has 5 nitrogen and oxygen atoms in total. The van der Waals surface area contributed by atoms with E-state index in [4.69, 9.17) is 0 Å². The zero-order chi connectivity index (χ0) is 38.6. The summed E-state index contributed by atoms with van der Waals surface area (Å²) in [5.41, 5.74) is 0.928. The normalized spacial score (nSPS) is 12.5. The molecule has 52 heavy (non-hydrogen) atoms. The maximum absolute atomic E-state index is 10.4. The van der Waals surface area contributed by atoms with Crippen molar-refractivity contribution in [3.63, 3.8) is 0 Å². The molecular formula is C46H90N2O3S. The Kier molecular flexibility index (Phi) is 35.1. The number of hydrogen-bond donors (Lipinski definition) is 1. The van der Waals surface area contributed by atoms with E-state index < -0.39 is 10.1 Å². The second-order valence-electron chi connectivity index (χ2n) is 16.5. The Bertz CT molecular complexity index is 980. The molecule has 0 spiro atoms. The molecular weight excluding hydrogens is 661 g/mol. The summed E-state index contributed by atoms with van der Waals surface area (Å²) in [5, 5.41) is 3.93. The average Bonchev–Trinajstić information content (AvgIpc) is 3.11. The molecule has 0 fully saturated rings. The van der Waals surface area contributed by atoms with Gasteiger partial charge in [-0.25, -0.2) is 8.42 Å². The van der Waals surface area contributed by atoms with Crippen molar-refractivity contribution < 1.29 is 17.5 Å². The third-order valence-corrected chi connectivity index (χ3v) is 11.9. The Morgan fingerprint density at radius 1 is 0.519 bits per heavy atom. The minimum Gasteiger partial charge on any atom is -0.744 e. The molecule has 1 N–H and O–H groups in total. The number of rotatable bonds is 36. The van der Waals surface area contributed by atoms with E-state index in [-0.39, 0.29) is 4.90 Å². The van der Waals surface area contributed by atoms with Crippen LogP contribution < -0.4 is 5.32 Å². The lowest BCUT2D eigenvalue weighted by Gasteiger charge is -2.38. The predicted octanol–water partition coefficient (Wildman–Crippen LogP) is 14.0. The third-order valence-electron chi connectivity index (χ3n) is 11.0. The summed E-state index contributed by atoms with van der Waals surface area (Å²) in [5.74, 6) is 0. The van der Waals surface area contributed by atoms with Crippen molar-refractivity contribution in [2.75, 3.05) is 27.2 Å². The molecule has 0 aliphatic carbocycles. The first-order chi connectivity index (χ1) is 25.1. The molecule has 0 bridgehead atoms. The second kappa shape index (κ2) is 35.7. The third kappa shape index (κ3) is 32.5. The van der Waals surface area contributed by atoms with Gasteiger partial charge in [-0.3, -0.25) is 5.32 Å². The van der Waals surface area contributed by atoms with E-state index in [9.17, 15) is 13.0 Å². The molecule has 0 saturated heterocycles. The lowest BCUT2D eigenvalue weighted by molar-refractivity contribution is -0.918. The first kappa shape index (κ1) is 51.0. The van der Waals surface area contributed by atoms with Crippen molar-refractivity contribution >= 4 is 10.1 Å². The van der Waals surface area contributed by atoms with E-state index in [0.29, 0.717) is 6.17 Å². The van der Waals surface area contributed by atoms with Crippen LogP contribution in [-0.2, 0) is 10.1 Å². The van der Waals surface area contributed by atoms with E-state index in [1.54, 1.807) is 12.1 Å². The summed E-state index contributed by atoms with van der Waals surface area (Å²) in [4.78, 5) is -0.178. The maximum Gasteiger partial charge on any atom is 0.142 e. The smallest absolute Gasteiger partial charge is 0.142 e. The van der Waals surface area contributed by atoms with Gasteiger partial charge in [-0.1, -0.05) is 212 Å². The number of aryl methyl sites for hydroxylation is 1. The number of benzene rings is 1. The van der Waals surface area contributed by atoms with Crippen LogP contribution in [0.1, 0.15) is 225 Å². The van der Waals surface area contributed by atoms with E-state index in [0.717, 1.165) is 10.0 Å². The molecule has 1 unspecified atom stereocenters. The Balaban J connectivity index is 0.00000199. The molecule has 308 valence electrons. The number of hydrogen-bond acceptors (Lipinski definition) is 4. The van der Waals surface area contributed by atoms with E-state index >= 15 is 0 Å². The van der Waals surface area contributed by atoms with Crippen molar-refractivity contribution in [1.82, 2.24) is 5.32 Å². The molecule has 0 amide bonds. The summed E-state index contributed by atoms with van der Waals surface area (Å²) in [6.45, 7) is 11.3. The largest absolute Gasteiger partial charge is 0.744 e. The van der Waals surface area contributed by atoms with Crippen molar-refractivity contribution in [2.45, 2.75) is 238 Å². The van der Waals surface area contributed by atoms with Gasteiger partial charge in [0.2, 0.25) is 0 Å². The molecule has 0 aliphatic heterocycles. The van der Waals surface area contributed by atoms with Crippen molar-refractivity contribution in [2.24, 2.45) is 0 Å². The number of nitrogens with zero attached hydrogens (tertiary/aromatic N) is 1. The van der Waals surface area contributed by atoms with Gasteiger partial charge in [0, 0.05) is 13.0 Å². The Hall–Kier alpha value is -0.950. The fourth-order valence-corrected chi connectivity index (χ4v) is 7.87. The highest BCUT2D eigenvalue weighted by Crippen LogP contribution is 2.17. The highest BCUT2D eigenvalue weighted by Gasteiger charge is 2.25. The molecule has 6 heteroatoms. The summed E-state index contributed by atoms with van der Waals surface area (Å²) in [6.07, 6.45) is 45.3. The van der Waals surface area contributed by atoms with E-state index in [2.05, 4.69) is 40.2 Å². The molecule has 0 saturated carbocycles. The van der Waals surface area contributed by atoms with Crippen LogP contribution in [0.4, 0.5) is 0 Å². The van der Waals surface area contributed by atoms with Gasteiger partial charge in [0.25, 0.3) is 0 Å². The van der Waals surface area contributed by atoms with Gasteiger partial charge in [0.1, 0.15) is 16.3 Å². The molecule has 0 radical (unpaired) electrons. The molecule has 0 aromatic heterocycles. The van der Waals surface area contributed by atoms with Crippen LogP contribution in [-0.4, -0.2) is 50.8 Å². The SMILES string of the molecule is CCCCCCCCCCCCCCCCCCNC(CC)[N+](C)(C)CCCCCCCCCCCCCCCC.Cc1ccc(S(=O)(=O)[O-])cc1. The summed E-state index contributed by atoms with van der Waals surface area (Å²) in [7, 11) is 0.641. The molecule has 1 rings (SSSR count). The Labute approximate surface area is 326 Å². The zero-order valence-electron chi connectivity index (χ0n) is 35.8. The topological polar surface area (TPSA) is 69.2 Å². The van der Waals surface area contributed by atoms with Gasteiger partial charge in [-0.15, -0.1) is 0 Å². The highest BCUT2D eigenvalue weighted by atomic mass is 32.2. The first-order valence-electron chi connectivity index (χ1n) is 22.7.